The van der Waals surface area contributed by atoms with Crippen LogP contribution < -0.4 is 0 Å². The van der Waals surface area contributed by atoms with Crippen LogP contribution in [0, 0.1) is 5.82 Å². The van der Waals surface area contributed by atoms with Gasteiger partial charge in [0.1, 0.15) is 5.82 Å². The van der Waals surface area contributed by atoms with Gasteiger partial charge in [-0.1, -0.05) is 74.4 Å². The molecule has 4 heteroatoms. The van der Waals surface area contributed by atoms with E-state index in [0.29, 0.717) is 23.9 Å². The summed E-state index contributed by atoms with van der Waals surface area (Å²) in [5, 5.41) is 0. The third kappa shape index (κ3) is 8.56. The number of allylic oxidation sites excluding steroid dienone is 2. The summed E-state index contributed by atoms with van der Waals surface area (Å²) in [5.41, 5.74) is 4.30. The van der Waals surface area contributed by atoms with Crippen molar-refractivity contribution in [3.63, 3.8) is 0 Å². The van der Waals surface area contributed by atoms with E-state index in [2.05, 4.69) is 54.7 Å². The van der Waals surface area contributed by atoms with E-state index in [4.69, 9.17) is 4.74 Å². The fourth-order valence-electron chi connectivity index (χ4n) is 3.88. The zero-order valence-corrected chi connectivity index (χ0v) is 21.1. The van der Waals surface area contributed by atoms with E-state index in [1.807, 2.05) is 18.2 Å². The lowest BCUT2D eigenvalue weighted by molar-refractivity contribution is 0.0566. The summed E-state index contributed by atoms with van der Waals surface area (Å²) in [6, 6.07) is 13.4. The van der Waals surface area contributed by atoms with Crippen LogP contribution in [-0.2, 0) is 11.2 Å². The number of benzene rings is 2. The molecule has 0 spiro atoms. The summed E-state index contributed by atoms with van der Waals surface area (Å²) in [6.45, 7) is 8.93. The standard InChI is InChI=1S/C31H37FN2O/c1-4-6-10-20-35-24(3)12-8-7-9-13-25-14-16-27(17-15-25)31-33-22-29(23-34-31)28-19-18-26(11-5-2)30(32)21-28/h5,9,13-19,21-24H,2,4,6-8,10-12,20H2,1,3H3. The molecule has 0 N–H and O–H groups in total. The Balaban J connectivity index is 1.49. The van der Waals surface area contributed by atoms with Crippen LogP contribution in [0.1, 0.15) is 63.5 Å². The number of aromatic nitrogens is 2. The van der Waals surface area contributed by atoms with Crippen molar-refractivity contribution in [2.24, 2.45) is 0 Å². The Labute approximate surface area is 209 Å². The molecule has 1 heterocycles. The van der Waals surface area contributed by atoms with Gasteiger partial charge in [-0.15, -0.1) is 6.58 Å². The van der Waals surface area contributed by atoms with Crippen molar-refractivity contribution >= 4 is 6.08 Å². The quantitative estimate of drug-likeness (QED) is 0.174. The molecule has 0 fully saturated rings. The van der Waals surface area contributed by atoms with Crippen molar-refractivity contribution < 1.29 is 9.13 Å². The van der Waals surface area contributed by atoms with Gasteiger partial charge in [0.2, 0.25) is 0 Å². The third-order valence-corrected chi connectivity index (χ3v) is 6.01. The zero-order chi connectivity index (χ0) is 24.9. The van der Waals surface area contributed by atoms with Gasteiger partial charge in [-0.2, -0.15) is 0 Å². The first-order valence-corrected chi connectivity index (χ1v) is 12.7. The van der Waals surface area contributed by atoms with Gasteiger partial charge < -0.3 is 4.74 Å². The van der Waals surface area contributed by atoms with Crippen LogP contribution in [0.3, 0.4) is 0 Å². The van der Waals surface area contributed by atoms with Crippen molar-refractivity contribution in [1.29, 1.82) is 0 Å². The predicted molar refractivity (Wildman–Crippen MR) is 145 cm³/mol. The summed E-state index contributed by atoms with van der Waals surface area (Å²) in [7, 11) is 0. The molecule has 0 aliphatic rings. The zero-order valence-electron chi connectivity index (χ0n) is 21.1. The van der Waals surface area contributed by atoms with Crippen molar-refractivity contribution in [1.82, 2.24) is 9.97 Å². The van der Waals surface area contributed by atoms with Crippen molar-refractivity contribution in [2.45, 2.75) is 64.9 Å². The molecule has 1 aromatic heterocycles. The summed E-state index contributed by atoms with van der Waals surface area (Å²) < 4.78 is 20.1. The summed E-state index contributed by atoms with van der Waals surface area (Å²) in [5.74, 6) is 0.418. The highest BCUT2D eigenvalue weighted by Crippen LogP contribution is 2.23. The molecule has 0 aliphatic heterocycles. The lowest BCUT2D eigenvalue weighted by Crippen LogP contribution is -2.08. The van der Waals surface area contributed by atoms with Crippen molar-refractivity contribution in [3.05, 3.63) is 90.5 Å². The monoisotopic (exact) mass is 472 g/mol. The first kappa shape index (κ1) is 26.5. The van der Waals surface area contributed by atoms with Crippen molar-refractivity contribution in [2.75, 3.05) is 6.61 Å². The second-order valence-corrected chi connectivity index (χ2v) is 8.94. The lowest BCUT2D eigenvalue weighted by Gasteiger charge is -2.11. The molecule has 35 heavy (non-hydrogen) atoms. The average molecular weight is 473 g/mol. The molecular weight excluding hydrogens is 435 g/mol. The minimum Gasteiger partial charge on any atom is -0.379 e. The number of hydrogen-bond donors (Lipinski definition) is 0. The normalized spacial score (nSPS) is 12.2. The van der Waals surface area contributed by atoms with Gasteiger partial charge in [0.15, 0.2) is 5.82 Å². The number of ether oxygens (including phenoxy) is 1. The van der Waals surface area contributed by atoms with E-state index in [1.165, 1.54) is 18.9 Å². The molecule has 0 bridgehead atoms. The van der Waals surface area contributed by atoms with Crippen LogP contribution in [-0.4, -0.2) is 22.7 Å². The molecule has 0 aliphatic carbocycles. The Hall–Kier alpha value is -3.11. The average Bonchev–Trinajstić information content (AvgIpc) is 2.88. The third-order valence-electron chi connectivity index (χ3n) is 6.01. The van der Waals surface area contributed by atoms with Gasteiger partial charge in [-0.25, -0.2) is 14.4 Å². The summed E-state index contributed by atoms with van der Waals surface area (Å²) in [6.07, 6.45) is 17.3. The number of rotatable bonds is 14. The summed E-state index contributed by atoms with van der Waals surface area (Å²) in [4.78, 5) is 9.00. The SMILES string of the molecule is C=CCc1ccc(-c2cnc(-c3ccc(C=CCCCC(C)OCCCCC)cc3)nc2)cc1F. The van der Waals surface area contributed by atoms with E-state index in [1.54, 1.807) is 24.5 Å². The Morgan fingerprint density at radius 1 is 0.971 bits per heavy atom. The fourth-order valence-corrected chi connectivity index (χ4v) is 3.88. The largest absolute Gasteiger partial charge is 0.379 e. The van der Waals surface area contributed by atoms with E-state index >= 15 is 0 Å². The molecule has 3 rings (SSSR count). The molecule has 1 unspecified atom stereocenters. The molecule has 3 nitrogen and oxygen atoms in total. The van der Waals surface area contributed by atoms with Gasteiger partial charge in [0.05, 0.1) is 6.10 Å². The van der Waals surface area contributed by atoms with E-state index in [9.17, 15) is 4.39 Å². The molecule has 0 amide bonds. The molecule has 0 radical (unpaired) electrons. The van der Waals surface area contributed by atoms with E-state index in [-0.39, 0.29) is 5.82 Å². The Morgan fingerprint density at radius 2 is 1.71 bits per heavy atom. The fraction of sp³-hybridized carbons (Fsp3) is 0.355. The maximum atomic E-state index is 14.2. The molecular formula is C31H37FN2O. The van der Waals surface area contributed by atoms with Gasteiger partial charge in [0, 0.05) is 30.1 Å². The highest BCUT2D eigenvalue weighted by atomic mass is 19.1. The van der Waals surface area contributed by atoms with E-state index in [0.717, 1.165) is 54.5 Å². The number of unbranched alkanes of at least 4 members (excludes halogenated alkanes) is 3. The Bertz CT molecular complexity index is 1070. The molecule has 3 aromatic rings. The maximum Gasteiger partial charge on any atom is 0.159 e. The first-order chi connectivity index (χ1) is 17.1. The second kappa shape index (κ2) is 14.3. The smallest absolute Gasteiger partial charge is 0.159 e. The van der Waals surface area contributed by atoms with Crippen LogP contribution in [0.4, 0.5) is 4.39 Å². The van der Waals surface area contributed by atoms with Crippen molar-refractivity contribution in [3.8, 4) is 22.5 Å². The predicted octanol–water partition coefficient (Wildman–Crippen LogP) is 8.46. The highest BCUT2D eigenvalue weighted by molar-refractivity contribution is 5.65. The molecule has 0 saturated heterocycles. The topological polar surface area (TPSA) is 35.0 Å². The van der Waals surface area contributed by atoms with Crippen LogP contribution in [0.5, 0.6) is 0 Å². The van der Waals surface area contributed by atoms with E-state index < -0.39 is 0 Å². The van der Waals surface area contributed by atoms with Gasteiger partial charge in [-0.3, -0.25) is 0 Å². The molecule has 1 atom stereocenters. The van der Waals surface area contributed by atoms with Crippen LogP contribution in [0.2, 0.25) is 0 Å². The number of halogens is 1. The number of hydrogen-bond acceptors (Lipinski definition) is 3. The second-order valence-electron chi connectivity index (χ2n) is 8.94. The maximum absolute atomic E-state index is 14.2. The highest BCUT2D eigenvalue weighted by Gasteiger charge is 2.07. The van der Waals surface area contributed by atoms with Crippen LogP contribution in [0.15, 0.2) is 73.6 Å². The van der Waals surface area contributed by atoms with Crippen LogP contribution in [0.25, 0.3) is 28.6 Å². The van der Waals surface area contributed by atoms with Gasteiger partial charge >= 0.3 is 0 Å². The Morgan fingerprint density at radius 3 is 2.40 bits per heavy atom. The number of nitrogens with zero attached hydrogens (tertiary/aromatic N) is 2. The molecule has 184 valence electrons. The first-order valence-electron chi connectivity index (χ1n) is 12.7. The summed E-state index contributed by atoms with van der Waals surface area (Å²) >= 11 is 0. The minimum atomic E-state index is -0.236. The van der Waals surface area contributed by atoms with Crippen LogP contribution >= 0.6 is 0 Å². The Kier molecular flexibility index (Phi) is 10.8. The lowest BCUT2D eigenvalue weighted by atomic mass is 10.0. The van der Waals surface area contributed by atoms with Gasteiger partial charge in [0.25, 0.3) is 0 Å². The molecule has 0 saturated carbocycles. The van der Waals surface area contributed by atoms with Gasteiger partial charge in [-0.05, 0) is 61.8 Å². The molecule has 2 aromatic carbocycles. The minimum absolute atomic E-state index is 0.236.